The van der Waals surface area contributed by atoms with Crippen LogP contribution >= 0.6 is 11.3 Å². The van der Waals surface area contributed by atoms with Crippen LogP contribution in [0, 0.1) is 11.3 Å². The van der Waals surface area contributed by atoms with Crippen molar-refractivity contribution in [1.82, 2.24) is 4.98 Å². The van der Waals surface area contributed by atoms with Crippen LogP contribution in [0.3, 0.4) is 0 Å². The van der Waals surface area contributed by atoms with Crippen LogP contribution in [-0.4, -0.2) is 4.98 Å². The van der Waals surface area contributed by atoms with E-state index in [0.717, 1.165) is 11.1 Å². The first-order valence-corrected chi connectivity index (χ1v) is 9.52. The van der Waals surface area contributed by atoms with Gasteiger partial charge in [-0.2, -0.15) is 5.26 Å². The lowest BCUT2D eigenvalue weighted by Gasteiger charge is -2.07. The highest BCUT2D eigenvalue weighted by Gasteiger charge is 2.07. The molecule has 3 aromatic carbocycles. The van der Waals surface area contributed by atoms with E-state index in [1.54, 1.807) is 6.20 Å². The van der Waals surface area contributed by atoms with Crippen molar-refractivity contribution in [2.24, 2.45) is 0 Å². The molecule has 0 fully saturated rings. The first kappa shape index (κ1) is 15.7. The molecular weight excluding hydrogens is 348 g/mol. The molecule has 27 heavy (non-hydrogen) atoms. The fraction of sp³-hybridized carbons (Fsp3) is 0. The maximum Gasteiger partial charge on any atom is 0.141 e. The Hall–Kier alpha value is -3.48. The Labute approximate surface area is 161 Å². The summed E-state index contributed by atoms with van der Waals surface area (Å²) in [4.78, 5) is 4.06. The summed E-state index contributed by atoms with van der Waals surface area (Å²) in [6.07, 6.45) is 1.68. The van der Waals surface area contributed by atoms with E-state index in [9.17, 15) is 0 Å². The third-order valence-electron chi connectivity index (χ3n) is 4.78. The molecular formula is C24H14N2S. The largest absolute Gasteiger partial charge is 0.246 e. The van der Waals surface area contributed by atoms with Crippen molar-refractivity contribution in [3.8, 4) is 28.3 Å². The minimum Gasteiger partial charge on any atom is -0.246 e. The van der Waals surface area contributed by atoms with Crippen LogP contribution in [0.5, 0.6) is 0 Å². The number of nitriles is 1. The van der Waals surface area contributed by atoms with Crippen molar-refractivity contribution >= 4 is 31.5 Å². The number of benzene rings is 3. The Bertz CT molecular complexity index is 1340. The monoisotopic (exact) mass is 362 g/mol. The van der Waals surface area contributed by atoms with E-state index in [1.165, 1.54) is 31.3 Å². The molecule has 0 aliphatic heterocycles. The number of aromatic nitrogens is 1. The normalized spacial score (nSPS) is 10.9. The van der Waals surface area contributed by atoms with Crippen molar-refractivity contribution in [3.05, 3.63) is 90.8 Å². The second kappa shape index (κ2) is 6.35. The van der Waals surface area contributed by atoms with Gasteiger partial charge in [-0.3, -0.25) is 0 Å². The maximum absolute atomic E-state index is 9.09. The van der Waals surface area contributed by atoms with Gasteiger partial charge in [-0.1, -0.05) is 48.5 Å². The van der Waals surface area contributed by atoms with E-state index < -0.39 is 0 Å². The predicted octanol–water partition coefficient (Wildman–Crippen LogP) is 6.66. The van der Waals surface area contributed by atoms with Crippen molar-refractivity contribution < 1.29 is 0 Å². The first-order valence-electron chi connectivity index (χ1n) is 8.70. The van der Waals surface area contributed by atoms with Gasteiger partial charge < -0.3 is 0 Å². The fourth-order valence-corrected chi connectivity index (χ4v) is 4.60. The molecule has 2 nitrogen and oxygen atoms in total. The summed E-state index contributed by atoms with van der Waals surface area (Å²) in [5.41, 5.74) is 4.89. The van der Waals surface area contributed by atoms with E-state index in [4.69, 9.17) is 5.26 Å². The van der Waals surface area contributed by atoms with Gasteiger partial charge >= 0.3 is 0 Å². The molecule has 0 aliphatic carbocycles. The van der Waals surface area contributed by atoms with Crippen LogP contribution in [0.4, 0.5) is 0 Å². The lowest BCUT2D eigenvalue weighted by atomic mass is 9.98. The minimum absolute atomic E-state index is 0.435. The number of rotatable bonds is 2. The zero-order chi connectivity index (χ0) is 18.2. The summed E-state index contributed by atoms with van der Waals surface area (Å²) in [6.45, 7) is 0. The molecule has 5 rings (SSSR count). The van der Waals surface area contributed by atoms with Crippen molar-refractivity contribution in [3.63, 3.8) is 0 Å². The SMILES string of the molecule is N#Cc1cc(-c2cccc(-c3ccc4c(c3)sc3ccccc34)c2)ccn1. The van der Waals surface area contributed by atoms with Gasteiger partial charge in [0.1, 0.15) is 11.8 Å². The highest BCUT2D eigenvalue weighted by molar-refractivity contribution is 7.25. The molecule has 0 unspecified atom stereocenters. The lowest BCUT2D eigenvalue weighted by Crippen LogP contribution is -1.85. The first-order chi connectivity index (χ1) is 13.3. The summed E-state index contributed by atoms with van der Waals surface area (Å²) in [5, 5.41) is 11.7. The molecule has 0 atom stereocenters. The molecule has 0 N–H and O–H groups in total. The fourth-order valence-electron chi connectivity index (χ4n) is 3.46. The van der Waals surface area contributed by atoms with Crippen LogP contribution in [0.15, 0.2) is 85.1 Å². The molecule has 0 amide bonds. The highest BCUT2D eigenvalue weighted by atomic mass is 32.1. The Kier molecular flexibility index (Phi) is 3.71. The van der Waals surface area contributed by atoms with Gasteiger partial charge in [0.15, 0.2) is 0 Å². The van der Waals surface area contributed by atoms with Crippen LogP contribution in [0.2, 0.25) is 0 Å². The van der Waals surface area contributed by atoms with E-state index in [-0.39, 0.29) is 0 Å². The topological polar surface area (TPSA) is 36.7 Å². The molecule has 0 radical (unpaired) electrons. The zero-order valence-corrected chi connectivity index (χ0v) is 15.2. The van der Waals surface area contributed by atoms with E-state index >= 15 is 0 Å². The molecule has 2 heterocycles. The zero-order valence-electron chi connectivity index (χ0n) is 14.4. The van der Waals surface area contributed by atoms with E-state index in [2.05, 4.69) is 77.8 Å². The summed E-state index contributed by atoms with van der Waals surface area (Å²) in [5.74, 6) is 0. The van der Waals surface area contributed by atoms with Crippen LogP contribution in [0.1, 0.15) is 5.69 Å². The van der Waals surface area contributed by atoms with Gasteiger partial charge in [-0.25, -0.2) is 4.98 Å². The summed E-state index contributed by atoms with van der Waals surface area (Å²) in [7, 11) is 0. The molecule has 3 heteroatoms. The van der Waals surface area contributed by atoms with Gasteiger partial charge in [-0.15, -0.1) is 11.3 Å². The average Bonchev–Trinajstić information content (AvgIpc) is 3.11. The van der Waals surface area contributed by atoms with Crippen molar-refractivity contribution in [2.75, 3.05) is 0 Å². The standard InChI is InChI=1S/C24H14N2S/c25-15-20-13-19(10-11-26-20)17-5-3-4-16(12-17)18-8-9-22-21-6-1-2-7-23(21)27-24(22)14-18/h1-14H. The number of hydrogen-bond acceptors (Lipinski definition) is 3. The van der Waals surface area contributed by atoms with Gasteiger partial charge in [0, 0.05) is 26.4 Å². The molecule has 0 aliphatic rings. The summed E-state index contributed by atoms with van der Waals surface area (Å²) < 4.78 is 2.62. The van der Waals surface area contributed by atoms with Crippen molar-refractivity contribution in [2.45, 2.75) is 0 Å². The molecule has 0 bridgehead atoms. The lowest BCUT2D eigenvalue weighted by molar-refractivity contribution is 1.26. The molecule has 0 saturated heterocycles. The number of fused-ring (bicyclic) bond motifs is 3. The molecule has 126 valence electrons. The number of thiophene rings is 1. The quantitative estimate of drug-likeness (QED) is 0.352. The maximum atomic E-state index is 9.09. The van der Waals surface area contributed by atoms with E-state index in [0.29, 0.717) is 5.69 Å². The summed E-state index contributed by atoms with van der Waals surface area (Å²) >= 11 is 1.83. The Morgan fingerprint density at radius 1 is 0.667 bits per heavy atom. The highest BCUT2D eigenvalue weighted by Crippen LogP contribution is 2.36. The van der Waals surface area contributed by atoms with Crippen LogP contribution in [0.25, 0.3) is 42.4 Å². The average molecular weight is 362 g/mol. The Balaban J connectivity index is 1.62. The molecule has 5 aromatic rings. The van der Waals surface area contributed by atoms with E-state index in [1.807, 2.05) is 23.5 Å². The van der Waals surface area contributed by atoms with Gasteiger partial charge in [0.05, 0.1) is 0 Å². The smallest absolute Gasteiger partial charge is 0.141 e. The minimum atomic E-state index is 0.435. The third kappa shape index (κ3) is 2.77. The van der Waals surface area contributed by atoms with Gasteiger partial charge in [0.25, 0.3) is 0 Å². The van der Waals surface area contributed by atoms with Gasteiger partial charge in [0.2, 0.25) is 0 Å². The predicted molar refractivity (Wildman–Crippen MR) is 113 cm³/mol. The van der Waals surface area contributed by atoms with Crippen LogP contribution < -0.4 is 0 Å². The van der Waals surface area contributed by atoms with Crippen LogP contribution in [-0.2, 0) is 0 Å². The molecule has 2 aromatic heterocycles. The Morgan fingerprint density at radius 3 is 2.26 bits per heavy atom. The Morgan fingerprint density at radius 2 is 1.41 bits per heavy atom. The molecule has 0 saturated carbocycles. The summed E-state index contributed by atoms with van der Waals surface area (Å²) in [6, 6.07) is 29.5. The third-order valence-corrected chi connectivity index (χ3v) is 5.92. The second-order valence-electron chi connectivity index (χ2n) is 6.43. The molecule has 0 spiro atoms. The van der Waals surface area contributed by atoms with Gasteiger partial charge in [-0.05, 0) is 52.6 Å². The number of pyridine rings is 1. The van der Waals surface area contributed by atoms with Crippen molar-refractivity contribution in [1.29, 1.82) is 5.26 Å². The number of hydrogen-bond donors (Lipinski definition) is 0. The number of nitrogens with zero attached hydrogens (tertiary/aromatic N) is 2. The second-order valence-corrected chi connectivity index (χ2v) is 7.52.